The molecule has 0 fully saturated rings. The summed E-state index contributed by atoms with van der Waals surface area (Å²) in [7, 11) is 0. The number of aromatic nitrogens is 2. The molecule has 0 radical (unpaired) electrons. The van der Waals surface area contributed by atoms with Gasteiger partial charge in [0.05, 0.1) is 17.6 Å². The van der Waals surface area contributed by atoms with Crippen LogP contribution in [-0.2, 0) is 4.79 Å². The first-order valence-electron chi connectivity index (χ1n) is 7.99. The second kappa shape index (κ2) is 7.04. The molecule has 2 rings (SSSR count). The fourth-order valence-corrected chi connectivity index (χ4v) is 2.49. The number of benzene rings is 1. The summed E-state index contributed by atoms with van der Waals surface area (Å²) in [6.45, 7) is 7.15. The molecule has 0 aliphatic heterocycles. The van der Waals surface area contributed by atoms with E-state index in [1.165, 1.54) is 16.8 Å². The van der Waals surface area contributed by atoms with E-state index < -0.39 is 17.4 Å². The Kier molecular flexibility index (Phi) is 5.25. The molecule has 0 bridgehead atoms. The fraction of sp³-hybridized carbons (Fsp3) is 0.389. The first-order chi connectivity index (χ1) is 11.6. The van der Waals surface area contributed by atoms with E-state index in [1.807, 2.05) is 13.8 Å². The quantitative estimate of drug-likeness (QED) is 0.841. The van der Waals surface area contributed by atoms with Crippen molar-refractivity contribution in [1.82, 2.24) is 15.1 Å². The molecule has 1 atom stereocenters. The first kappa shape index (κ1) is 18.6. The lowest BCUT2D eigenvalue weighted by molar-refractivity contribution is -0.138. The van der Waals surface area contributed by atoms with Crippen LogP contribution in [0.15, 0.2) is 30.5 Å². The van der Waals surface area contributed by atoms with E-state index in [2.05, 4.69) is 10.4 Å². The number of carbonyl (C=O) groups is 2. The normalized spacial score (nSPS) is 13.5. The topological polar surface area (TPSA) is 84.2 Å². The van der Waals surface area contributed by atoms with Crippen molar-refractivity contribution in [3.63, 3.8) is 0 Å². The fourth-order valence-electron chi connectivity index (χ4n) is 2.49. The van der Waals surface area contributed by atoms with Crippen LogP contribution in [-0.4, -0.2) is 32.3 Å². The molecular weight excluding hydrogens is 325 g/mol. The Hall–Kier alpha value is -2.70. The lowest BCUT2D eigenvalue weighted by Crippen LogP contribution is -2.51. The largest absolute Gasteiger partial charge is 0.481 e. The Morgan fingerprint density at radius 3 is 2.60 bits per heavy atom. The molecule has 1 amide bonds. The van der Waals surface area contributed by atoms with Crippen LogP contribution < -0.4 is 5.32 Å². The lowest BCUT2D eigenvalue weighted by atomic mass is 9.85. The van der Waals surface area contributed by atoms with E-state index in [-0.39, 0.29) is 23.8 Å². The minimum Gasteiger partial charge on any atom is -0.481 e. The van der Waals surface area contributed by atoms with Crippen LogP contribution in [0.25, 0.3) is 5.69 Å². The second-order valence-electron chi connectivity index (χ2n) is 6.67. The monoisotopic (exact) mass is 347 g/mol. The molecule has 2 N–H and O–H groups in total. The summed E-state index contributed by atoms with van der Waals surface area (Å²) in [4.78, 5) is 23.6. The third-order valence-electron chi connectivity index (χ3n) is 4.42. The highest BCUT2D eigenvalue weighted by Crippen LogP contribution is 2.22. The standard InChI is InChI=1S/C18H22FN3O3/c1-11(2)18(4,10-16(23)24)20-17(25)14-7-8-22(21-14)15-6-5-13(19)9-12(15)3/h5-9,11H,10H2,1-4H3,(H,20,25)(H,23,24). The van der Waals surface area contributed by atoms with Gasteiger partial charge in [-0.15, -0.1) is 0 Å². The van der Waals surface area contributed by atoms with Gasteiger partial charge in [0.25, 0.3) is 5.91 Å². The van der Waals surface area contributed by atoms with E-state index in [0.29, 0.717) is 11.3 Å². The van der Waals surface area contributed by atoms with E-state index >= 15 is 0 Å². The number of rotatable bonds is 6. The van der Waals surface area contributed by atoms with Gasteiger partial charge in [-0.3, -0.25) is 9.59 Å². The van der Waals surface area contributed by atoms with E-state index in [0.717, 1.165) is 0 Å². The molecule has 0 saturated heterocycles. The smallest absolute Gasteiger partial charge is 0.305 e. The number of aryl methyl sites for hydroxylation is 1. The Bertz CT molecular complexity index is 801. The maximum atomic E-state index is 13.2. The van der Waals surface area contributed by atoms with Crippen molar-refractivity contribution in [2.24, 2.45) is 5.92 Å². The predicted octanol–water partition coefficient (Wildman–Crippen LogP) is 2.94. The minimum absolute atomic E-state index is 0.0750. The van der Waals surface area contributed by atoms with Crippen molar-refractivity contribution in [3.05, 3.63) is 47.5 Å². The molecule has 0 aliphatic carbocycles. The second-order valence-corrected chi connectivity index (χ2v) is 6.67. The van der Waals surface area contributed by atoms with E-state index in [4.69, 9.17) is 5.11 Å². The number of halogens is 1. The summed E-state index contributed by atoms with van der Waals surface area (Å²) < 4.78 is 14.7. The molecule has 0 saturated carbocycles. The number of hydrogen-bond donors (Lipinski definition) is 2. The van der Waals surface area contributed by atoms with Crippen molar-refractivity contribution in [1.29, 1.82) is 0 Å². The Morgan fingerprint density at radius 2 is 2.04 bits per heavy atom. The van der Waals surface area contributed by atoms with Gasteiger partial charge in [-0.05, 0) is 49.6 Å². The van der Waals surface area contributed by atoms with Crippen LogP contribution in [0.5, 0.6) is 0 Å². The molecule has 25 heavy (non-hydrogen) atoms. The molecular formula is C18H22FN3O3. The number of hydrogen-bond acceptors (Lipinski definition) is 3. The number of carbonyl (C=O) groups excluding carboxylic acids is 1. The molecule has 0 spiro atoms. The molecule has 2 aromatic rings. The highest BCUT2D eigenvalue weighted by molar-refractivity contribution is 5.93. The maximum absolute atomic E-state index is 13.2. The number of nitrogens with one attached hydrogen (secondary N) is 1. The summed E-state index contributed by atoms with van der Waals surface area (Å²) in [5.74, 6) is -1.85. The number of aliphatic carboxylic acids is 1. The van der Waals surface area contributed by atoms with Crippen molar-refractivity contribution >= 4 is 11.9 Å². The number of carboxylic acid groups (broad SMARTS) is 1. The predicted molar refractivity (Wildman–Crippen MR) is 91.2 cm³/mol. The van der Waals surface area contributed by atoms with Gasteiger partial charge in [-0.25, -0.2) is 9.07 Å². The third-order valence-corrected chi connectivity index (χ3v) is 4.42. The maximum Gasteiger partial charge on any atom is 0.305 e. The Morgan fingerprint density at radius 1 is 1.36 bits per heavy atom. The van der Waals surface area contributed by atoms with Gasteiger partial charge in [0.2, 0.25) is 0 Å². The van der Waals surface area contributed by atoms with Crippen LogP contribution in [0.4, 0.5) is 4.39 Å². The summed E-state index contributed by atoms with van der Waals surface area (Å²) >= 11 is 0. The van der Waals surface area contributed by atoms with Crippen molar-refractivity contribution in [2.45, 2.75) is 39.7 Å². The van der Waals surface area contributed by atoms with Crippen molar-refractivity contribution < 1.29 is 19.1 Å². The number of nitrogens with zero attached hydrogens (tertiary/aromatic N) is 2. The van der Waals surface area contributed by atoms with Gasteiger partial charge in [-0.1, -0.05) is 13.8 Å². The zero-order valence-corrected chi connectivity index (χ0v) is 14.7. The van der Waals surface area contributed by atoms with Crippen LogP contribution in [0, 0.1) is 18.7 Å². The highest BCUT2D eigenvalue weighted by atomic mass is 19.1. The van der Waals surface area contributed by atoms with Gasteiger partial charge in [0.15, 0.2) is 5.69 Å². The van der Waals surface area contributed by atoms with Crippen LogP contribution in [0.3, 0.4) is 0 Å². The molecule has 7 heteroatoms. The minimum atomic E-state index is -0.982. The van der Waals surface area contributed by atoms with Crippen LogP contribution in [0.2, 0.25) is 0 Å². The van der Waals surface area contributed by atoms with Crippen molar-refractivity contribution in [2.75, 3.05) is 0 Å². The van der Waals surface area contributed by atoms with Crippen LogP contribution >= 0.6 is 0 Å². The first-order valence-corrected chi connectivity index (χ1v) is 7.99. The summed E-state index contributed by atoms with van der Waals surface area (Å²) in [6, 6.07) is 5.84. The van der Waals surface area contributed by atoms with Crippen LogP contribution in [0.1, 0.15) is 43.2 Å². The molecule has 6 nitrogen and oxygen atoms in total. The Balaban J connectivity index is 2.23. The molecule has 1 aromatic heterocycles. The average Bonchev–Trinajstić information content (AvgIpc) is 2.95. The molecule has 1 unspecified atom stereocenters. The van der Waals surface area contributed by atoms with Gasteiger partial charge < -0.3 is 10.4 Å². The van der Waals surface area contributed by atoms with Crippen molar-refractivity contribution in [3.8, 4) is 5.69 Å². The molecule has 0 aliphatic rings. The lowest BCUT2D eigenvalue weighted by Gasteiger charge is -2.33. The molecule has 1 aromatic carbocycles. The zero-order valence-electron chi connectivity index (χ0n) is 14.7. The van der Waals surface area contributed by atoms with Gasteiger partial charge in [0.1, 0.15) is 5.82 Å². The summed E-state index contributed by atoms with van der Waals surface area (Å²) in [5.41, 5.74) is 0.630. The SMILES string of the molecule is Cc1cc(F)ccc1-n1ccc(C(=O)NC(C)(CC(=O)O)C(C)C)n1. The highest BCUT2D eigenvalue weighted by Gasteiger charge is 2.33. The molecule has 1 heterocycles. The number of amides is 1. The van der Waals surface area contributed by atoms with E-state index in [9.17, 15) is 14.0 Å². The zero-order chi connectivity index (χ0) is 18.8. The van der Waals surface area contributed by atoms with E-state index in [1.54, 1.807) is 32.2 Å². The Labute approximate surface area is 145 Å². The van der Waals surface area contributed by atoms with Gasteiger partial charge in [-0.2, -0.15) is 5.10 Å². The third kappa shape index (κ3) is 4.23. The average molecular weight is 347 g/mol. The summed E-state index contributed by atoms with van der Waals surface area (Å²) in [5, 5.41) is 16.1. The van der Waals surface area contributed by atoms with Gasteiger partial charge >= 0.3 is 5.97 Å². The number of carboxylic acids is 1. The summed E-state index contributed by atoms with van der Waals surface area (Å²) in [6.07, 6.45) is 1.42. The van der Waals surface area contributed by atoms with Gasteiger partial charge in [0, 0.05) is 6.20 Å². The molecule has 134 valence electrons.